The van der Waals surface area contributed by atoms with Gasteiger partial charge in [0.25, 0.3) is 0 Å². The first-order valence-electron chi connectivity index (χ1n) is 3.87. The Morgan fingerprint density at radius 1 is 1.46 bits per heavy atom. The minimum Gasteiger partial charge on any atom is -0.330 e. The van der Waals surface area contributed by atoms with Gasteiger partial charge in [-0.25, -0.2) is 9.97 Å². The fraction of sp³-hybridized carbons (Fsp3) is 0.286. The number of hydrogen-bond donors (Lipinski definition) is 2. The Kier molecular flexibility index (Phi) is 2.12. The lowest BCUT2D eigenvalue weighted by atomic mass is 10.4. The molecule has 2 aromatic heterocycles. The number of aromatic amines is 1. The van der Waals surface area contributed by atoms with Gasteiger partial charge < -0.3 is 5.73 Å². The van der Waals surface area contributed by atoms with E-state index >= 15 is 0 Å². The van der Waals surface area contributed by atoms with Crippen molar-refractivity contribution >= 4 is 22.6 Å². The van der Waals surface area contributed by atoms with E-state index in [2.05, 4.69) is 20.2 Å². The van der Waals surface area contributed by atoms with Crippen LogP contribution < -0.4 is 5.73 Å². The topological polar surface area (TPSA) is 80.5 Å². The van der Waals surface area contributed by atoms with Crippen molar-refractivity contribution in [2.24, 2.45) is 5.73 Å². The molecule has 0 radical (unpaired) electrons. The maximum absolute atomic E-state index is 5.89. The van der Waals surface area contributed by atoms with Crippen LogP contribution in [-0.2, 0) is 6.42 Å². The third-order valence-electron chi connectivity index (χ3n) is 1.68. The normalized spacial score (nSPS) is 10.9. The first-order valence-corrected chi connectivity index (χ1v) is 4.24. The van der Waals surface area contributed by atoms with E-state index in [1.165, 1.54) is 0 Å². The highest BCUT2D eigenvalue weighted by atomic mass is 35.5. The first kappa shape index (κ1) is 8.40. The molecule has 0 aromatic carbocycles. The highest BCUT2D eigenvalue weighted by molar-refractivity contribution is 6.33. The average Bonchev–Trinajstić information content (AvgIpc) is 2.53. The van der Waals surface area contributed by atoms with E-state index in [0.717, 1.165) is 5.39 Å². The molecule has 0 bridgehead atoms. The Balaban J connectivity index is 2.56. The predicted octanol–water partition coefficient (Wildman–Crippen LogP) is 0.507. The summed E-state index contributed by atoms with van der Waals surface area (Å²) in [5.41, 5.74) is 6.04. The summed E-state index contributed by atoms with van der Waals surface area (Å²) in [5, 5.41) is 7.71. The number of hydrogen-bond acceptors (Lipinski definition) is 4. The Morgan fingerprint density at radius 2 is 2.31 bits per heavy atom. The van der Waals surface area contributed by atoms with E-state index in [9.17, 15) is 0 Å². The Hall–Kier alpha value is -1.20. The molecular formula is C7H8ClN5. The van der Waals surface area contributed by atoms with Crippen LogP contribution in [-0.4, -0.2) is 26.7 Å². The smallest absolute Gasteiger partial charge is 0.160 e. The lowest BCUT2D eigenvalue weighted by Gasteiger charge is -1.97. The second-order valence-corrected chi connectivity index (χ2v) is 2.96. The number of halogens is 1. The van der Waals surface area contributed by atoms with Crippen molar-refractivity contribution in [3.63, 3.8) is 0 Å². The molecule has 0 fully saturated rings. The lowest BCUT2D eigenvalue weighted by molar-refractivity contribution is 0.875. The van der Waals surface area contributed by atoms with Crippen LogP contribution in [0.1, 0.15) is 5.82 Å². The molecule has 6 heteroatoms. The predicted molar refractivity (Wildman–Crippen MR) is 49.5 cm³/mol. The van der Waals surface area contributed by atoms with Gasteiger partial charge in [-0.3, -0.25) is 5.10 Å². The van der Waals surface area contributed by atoms with Crippen molar-refractivity contribution in [1.29, 1.82) is 0 Å². The van der Waals surface area contributed by atoms with Gasteiger partial charge in [-0.15, -0.1) is 0 Å². The number of nitrogens with zero attached hydrogens (tertiary/aromatic N) is 3. The minimum atomic E-state index is 0.419. The fourth-order valence-corrected chi connectivity index (χ4v) is 1.32. The van der Waals surface area contributed by atoms with Crippen molar-refractivity contribution in [3.8, 4) is 0 Å². The zero-order valence-electron chi connectivity index (χ0n) is 6.79. The molecule has 0 atom stereocenters. The number of nitrogens with two attached hydrogens (primary N) is 1. The zero-order chi connectivity index (χ0) is 9.26. The molecule has 0 aliphatic rings. The summed E-state index contributed by atoms with van der Waals surface area (Å²) in [7, 11) is 0. The Labute approximate surface area is 79.3 Å². The van der Waals surface area contributed by atoms with Crippen LogP contribution in [0.5, 0.6) is 0 Å². The number of rotatable bonds is 2. The third kappa shape index (κ3) is 1.48. The van der Waals surface area contributed by atoms with Crippen LogP contribution >= 0.6 is 11.6 Å². The number of H-pyrrole nitrogens is 1. The van der Waals surface area contributed by atoms with E-state index in [-0.39, 0.29) is 0 Å². The van der Waals surface area contributed by atoms with Gasteiger partial charge in [0.2, 0.25) is 0 Å². The summed E-state index contributed by atoms with van der Waals surface area (Å²) in [6, 6.07) is 0. The zero-order valence-corrected chi connectivity index (χ0v) is 7.54. The van der Waals surface area contributed by atoms with E-state index in [4.69, 9.17) is 17.3 Å². The molecule has 5 nitrogen and oxygen atoms in total. The van der Waals surface area contributed by atoms with Crippen molar-refractivity contribution in [2.45, 2.75) is 6.42 Å². The molecule has 68 valence electrons. The second kappa shape index (κ2) is 3.27. The minimum absolute atomic E-state index is 0.419. The SMILES string of the molecule is NCCc1nc(Cl)c2cn[nH]c2n1. The third-order valence-corrected chi connectivity index (χ3v) is 1.97. The Bertz CT molecular complexity index is 424. The molecule has 0 amide bonds. The maximum Gasteiger partial charge on any atom is 0.160 e. The lowest BCUT2D eigenvalue weighted by Crippen LogP contribution is -2.06. The fourth-order valence-electron chi connectivity index (χ4n) is 1.08. The van der Waals surface area contributed by atoms with Crippen LogP contribution in [0.25, 0.3) is 11.0 Å². The van der Waals surface area contributed by atoms with Crippen LogP contribution in [0.3, 0.4) is 0 Å². The second-order valence-electron chi connectivity index (χ2n) is 2.60. The summed E-state index contributed by atoms with van der Waals surface area (Å²) in [6.07, 6.45) is 2.22. The molecule has 0 aliphatic heterocycles. The molecule has 0 unspecified atom stereocenters. The van der Waals surface area contributed by atoms with Gasteiger partial charge in [0.05, 0.1) is 11.6 Å². The monoisotopic (exact) mass is 197 g/mol. The number of nitrogens with one attached hydrogen (secondary N) is 1. The van der Waals surface area contributed by atoms with Crippen molar-refractivity contribution < 1.29 is 0 Å². The van der Waals surface area contributed by atoms with Gasteiger partial charge >= 0.3 is 0 Å². The summed E-state index contributed by atoms with van der Waals surface area (Å²) in [4.78, 5) is 8.27. The van der Waals surface area contributed by atoms with Crippen LogP contribution in [0.15, 0.2) is 6.20 Å². The van der Waals surface area contributed by atoms with Crippen LogP contribution in [0, 0.1) is 0 Å². The van der Waals surface area contributed by atoms with Gasteiger partial charge in [-0.2, -0.15) is 5.10 Å². The molecule has 3 N–H and O–H groups in total. The van der Waals surface area contributed by atoms with E-state index in [0.29, 0.717) is 29.6 Å². The van der Waals surface area contributed by atoms with Crippen LogP contribution in [0.4, 0.5) is 0 Å². The van der Waals surface area contributed by atoms with E-state index in [1.807, 2.05) is 0 Å². The van der Waals surface area contributed by atoms with Crippen molar-refractivity contribution in [3.05, 3.63) is 17.2 Å². The molecule has 2 aromatic rings. The van der Waals surface area contributed by atoms with Gasteiger partial charge in [-0.1, -0.05) is 11.6 Å². The molecule has 0 saturated carbocycles. The molecule has 13 heavy (non-hydrogen) atoms. The molecule has 0 aliphatic carbocycles. The van der Waals surface area contributed by atoms with Crippen LogP contribution in [0.2, 0.25) is 5.15 Å². The van der Waals surface area contributed by atoms with Crippen molar-refractivity contribution in [2.75, 3.05) is 6.54 Å². The molecule has 2 rings (SSSR count). The summed E-state index contributed by atoms with van der Waals surface area (Å²) < 4.78 is 0. The molecular weight excluding hydrogens is 190 g/mol. The van der Waals surface area contributed by atoms with Gasteiger partial charge in [0.1, 0.15) is 11.0 Å². The van der Waals surface area contributed by atoms with Gasteiger partial charge in [0, 0.05) is 6.42 Å². The largest absolute Gasteiger partial charge is 0.330 e. The van der Waals surface area contributed by atoms with Gasteiger partial charge in [0.15, 0.2) is 5.65 Å². The van der Waals surface area contributed by atoms with E-state index in [1.54, 1.807) is 6.20 Å². The average molecular weight is 198 g/mol. The summed E-state index contributed by atoms with van der Waals surface area (Å²) >= 11 is 5.89. The molecule has 0 saturated heterocycles. The highest BCUT2D eigenvalue weighted by Crippen LogP contribution is 2.17. The number of aromatic nitrogens is 4. The van der Waals surface area contributed by atoms with Crippen molar-refractivity contribution in [1.82, 2.24) is 20.2 Å². The quantitative estimate of drug-likeness (QED) is 0.688. The van der Waals surface area contributed by atoms with Gasteiger partial charge in [-0.05, 0) is 6.54 Å². The van der Waals surface area contributed by atoms with E-state index < -0.39 is 0 Å². The molecule has 0 spiro atoms. The first-order chi connectivity index (χ1) is 6.31. The highest BCUT2D eigenvalue weighted by Gasteiger charge is 2.06. The standard InChI is InChI=1S/C7H8ClN5/c8-6-4-3-10-13-7(4)12-5(11-6)1-2-9/h3H,1-2,9H2,(H,10,11,12,13). The Morgan fingerprint density at radius 3 is 3.08 bits per heavy atom. The summed E-state index contributed by atoms with van der Waals surface area (Å²) in [5.74, 6) is 0.643. The maximum atomic E-state index is 5.89. The number of fused-ring (bicyclic) bond motifs is 1. The summed E-state index contributed by atoms with van der Waals surface area (Å²) in [6.45, 7) is 0.510. The molecule has 2 heterocycles.